The first-order chi connectivity index (χ1) is 20.4. The molecular formula is C34H32FN5O2. The number of anilines is 2. The molecule has 0 saturated heterocycles. The average Bonchev–Trinajstić information content (AvgIpc) is 3.42. The Morgan fingerprint density at radius 2 is 1.69 bits per heavy atom. The molecule has 42 heavy (non-hydrogen) atoms. The summed E-state index contributed by atoms with van der Waals surface area (Å²) in [7, 11) is 1.55. The van der Waals surface area contributed by atoms with Gasteiger partial charge in [0.05, 0.1) is 18.7 Å². The van der Waals surface area contributed by atoms with E-state index in [4.69, 9.17) is 4.74 Å². The van der Waals surface area contributed by atoms with Gasteiger partial charge in [-0.2, -0.15) is 0 Å². The van der Waals surface area contributed by atoms with Gasteiger partial charge in [0.25, 0.3) is 0 Å². The van der Waals surface area contributed by atoms with E-state index in [1.165, 1.54) is 0 Å². The van der Waals surface area contributed by atoms with E-state index in [1.54, 1.807) is 31.8 Å². The van der Waals surface area contributed by atoms with Crippen LogP contribution in [0.2, 0.25) is 0 Å². The number of aromatic nitrogens is 3. The molecule has 2 heterocycles. The van der Waals surface area contributed by atoms with Gasteiger partial charge in [-0.3, -0.25) is 9.78 Å². The number of benzene rings is 3. The van der Waals surface area contributed by atoms with E-state index in [9.17, 15) is 4.79 Å². The molecule has 5 aromatic rings. The van der Waals surface area contributed by atoms with E-state index in [0.29, 0.717) is 29.1 Å². The first-order valence-electron chi connectivity index (χ1n) is 14.1. The van der Waals surface area contributed by atoms with Gasteiger partial charge in [0, 0.05) is 42.8 Å². The Balaban J connectivity index is 1.33. The minimum absolute atomic E-state index is 0.190. The van der Waals surface area contributed by atoms with E-state index in [-0.39, 0.29) is 24.2 Å². The van der Waals surface area contributed by atoms with Crippen molar-refractivity contribution in [1.82, 2.24) is 20.3 Å². The Hall–Kier alpha value is -4.69. The number of hydrogen-bond donors (Lipinski definition) is 2. The minimum atomic E-state index is -0.361. The molecule has 7 nitrogen and oxygen atoms in total. The lowest BCUT2D eigenvalue weighted by molar-refractivity contribution is -0.119. The fraction of sp³-hybridized carbons (Fsp3) is 0.235. The number of carbonyl (C=O) groups excluding carboxylic acids is 1. The van der Waals surface area contributed by atoms with E-state index in [1.807, 2.05) is 36.4 Å². The SMILES string of the molecule is COc1cc(-c2cccc(-c3cccc(Nc4nccc5nccnc45)c3C)c2C)cc(F)c1CN[C@H]1CCCC1=O. The van der Waals surface area contributed by atoms with Crippen molar-refractivity contribution in [3.05, 3.63) is 95.7 Å². The van der Waals surface area contributed by atoms with Crippen LogP contribution in [0.5, 0.6) is 5.75 Å². The summed E-state index contributed by atoms with van der Waals surface area (Å²) in [5.74, 6) is 0.928. The molecule has 212 valence electrons. The molecule has 2 aromatic heterocycles. The van der Waals surface area contributed by atoms with Gasteiger partial charge in [-0.05, 0) is 84.3 Å². The first-order valence-corrected chi connectivity index (χ1v) is 14.1. The van der Waals surface area contributed by atoms with Crippen LogP contribution in [0, 0.1) is 19.7 Å². The maximum absolute atomic E-state index is 15.5. The molecule has 1 aliphatic rings. The molecule has 0 radical (unpaired) electrons. The lowest BCUT2D eigenvalue weighted by atomic mass is 9.90. The van der Waals surface area contributed by atoms with Crippen molar-refractivity contribution in [1.29, 1.82) is 0 Å². The molecule has 8 heteroatoms. The third-order valence-electron chi connectivity index (χ3n) is 8.11. The molecule has 0 spiro atoms. The van der Waals surface area contributed by atoms with Crippen LogP contribution in [-0.2, 0) is 11.3 Å². The number of fused-ring (bicyclic) bond motifs is 1. The zero-order chi connectivity index (χ0) is 29.2. The number of pyridine rings is 1. The minimum Gasteiger partial charge on any atom is -0.496 e. The predicted octanol–water partition coefficient (Wildman–Crippen LogP) is 7.08. The third-order valence-corrected chi connectivity index (χ3v) is 8.11. The molecule has 1 fully saturated rings. The van der Waals surface area contributed by atoms with Crippen LogP contribution >= 0.6 is 0 Å². The fourth-order valence-electron chi connectivity index (χ4n) is 5.80. The highest BCUT2D eigenvalue weighted by Gasteiger charge is 2.25. The lowest BCUT2D eigenvalue weighted by Gasteiger charge is -2.19. The molecule has 0 aliphatic heterocycles. The molecule has 0 amide bonds. The number of methoxy groups -OCH3 is 1. The summed E-state index contributed by atoms with van der Waals surface area (Å²) in [6.07, 6.45) is 7.28. The smallest absolute Gasteiger partial charge is 0.158 e. The summed E-state index contributed by atoms with van der Waals surface area (Å²) in [5, 5.41) is 6.66. The van der Waals surface area contributed by atoms with Gasteiger partial charge in [0.1, 0.15) is 22.9 Å². The van der Waals surface area contributed by atoms with Gasteiger partial charge in [0.15, 0.2) is 5.82 Å². The summed E-state index contributed by atoms with van der Waals surface area (Å²) in [6.45, 7) is 4.36. The summed E-state index contributed by atoms with van der Waals surface area (Å²) in [6, 6.07) is 17.2. The van der Waals surface area contributed by atoms with Crippen LogP contribution in [0.1, 0.15) is 36.0 Å². The van der Waals surface area contributed by atoms with Crippen LogP contribution < -0.4 is 15.4 Å². The standard InChI is InChI=1S/C34H32FN5O2/c1-20-23(22-17-27(35)26(32(18-22)42-3)19-39-29-11-6-12-31(29)41)7-4-8-24(20)25-9-5-10-28(21(25)2)40-34-33-30(13-14-38-34)36-15-16-37-33/h4-5,7-10,13-18,29,39H,6,11-12,19H2,1-3H3,(H,38,40)/t29-/m0/s1. The molecule has 2 N–H and O–H groups in total. The van der Waals surface area contributed by atoms with Gasteiger partial charge in [-0.25, -0.2) is 14.4 Å². The number of nitrogens with zero attached hydrogens (tertiary/aromatic N) is 3. The molecular weight excluding hydrogens is 529 g/mol. The molecule has 0 unspecified atom stereocenters. The average molecular weight is 562 g/mol. The summed E-state index contributed by atoms with van der Waals surface area (Å²) < 4.78 is 21.1. The van der Waals surface area contributed by atoms with Crippen LogP contribution in [-0.4, -0.2) is 33.9 Å². The summed E-state index contributed by atoms with van der Waals surface area (Å²) in [4.78, 5) is 25.4. The second kappa shape index (κ2) is 11.7. The second-order valence-electron chi connectivity index (χ2n) is 10.6. The third kappa shape index (κ3) is 5.21. The highest BCUT2D eigenvalue weighted by atomic mass is 19.1. The predicted molar refractivity (Wildman–Crippen MR) is 163 cm³/mol. The normalized spacial score (nSPS) is 14.9. The lowest BCUT2D eigenvalue weighted by Crippen LogP contribution is -2.32. The Kier molecular flexibility index (Phi) is 7.63. The van der Waals surface area contributed by atoms with Crippen molar-refractivity contribution in [3.8, 4) is 28.0 Å². The summed E-state index contributed by atoms with van der Waals surface area (Å²) in [5.41, 5.74) is 8.63. The van der Waals surface area contributed by atoms with Crippen LogP contribution in [0.15, 0.2) is 73.2 Å². The number of rotatable bonds is 8. The molecule has 3 aromatic carbocycles. The van der Waals surface area contributed by atoms with Crippen molar-refractivity contribution >= 4 is 28.3 Å². The number of ketones is 1. The topological polar surface area (TPSA) is 89.0 Å². The zero-order valence-corrected chi connectivity index (χ0v) is 23.9. The van der Waals surface area contributed by atoms with Crippen LogP contribution in [0.4, 0.5) is 15.9 Å². The Morgan fingerprint density at radius 1 is 0.929 bits per heavy atom. The highest BCUT2D eigenvalue weighted by Crippen LogP contribution is 2.38. The molecule has 1 saturated carbocycles. The monoisotopic (exact) mass is 561 g/mol. The number of ether oxygens (including phenoxy) is 1. The van der Waals surface area contributed by atoms with Crippen LogP contribution in [0.25, 0.3) is 33.3 Å². The van der Waals surface area contributed by atoms with Crippen LogP contribution in [0.3, 0.4) is 0 Å². The largest absolute Gasteiger partial charge is 0.496 e. The number of hydrogen-bond acceptors (Lipinski definition) is 7. The Bertz CT molecular complexity index is 1800. The maximum Gasteiger partial charge on any atom is 0.158 e. The fourth-order valence-corrected chi connectivity index (χ4v) is 5.80. The van der Waals surface area contributed by atoms with Gasteiger partial charge in [-0.15, -0.1) is 0 Å². The number of carbonyl (C=O) groups is 1. The zero-order valence-electron chi connectivity index (χ0n) is 23.9. The van der Waals surface area contributed by atoms with Gasteiger partial charge >= 0.3 is 0 Å². The van der Waals surface area contributed by atoms with Crippen molar-refractivity contribution in [2.24, 2.45) is 0 Å². The van der Waals surface area contributed by atoms with E-state index < -0.39 is 0 Å². The first kappa shape index (κ1) is 27.5. The molecule has 6 rings (SSSR count). The molecule has 0 bridgehead atoms. The molecule has 1 aliphatic carbocycles. The van der Waals surface area contributed by atoms with Crippen molar-refractivity contribution < 1.29 is 13.9 Å². The Morgan fingerprint density at radius 3 is 2.48 bits per heavy atom. The van der Waals surface area contributed by atoms with Gasteiger partial charge in [-0.1, -0.05) is 30.3 Å². The van der Waals surface area contributed by atoms with Crippen molar-refractivity contribution in [2.45, 2.75) is 45.7 Å². The van der Waals surface area contributed by atoms with E-state index in [2.05, 4.69) is 51.6 Å². The van der Waals surface area contributed by atoms with Gasteiger partial charge in [0.2, 0.25) is 0 Å². The van der Waals surface area contributed by atoms with Crippen molar-refractivity contribution in [2.75, 3.05) is 12.4 Å². The van der Waals surface area contributed by atoms with Crippen molar-refractivity contribution in [3.63, 3.8) is 0 Å². The highest BCUT2D eigenvalue weighted by molar-refractivity contribution is 5.89. The number of nitrogens with one attached hydrogen (secondary N) is 2. The quantitative estimate of drug-likeness (QED) is 0.209. The number of Topliss-reactive ketones (excluding diaryl/α,β-unsaturated/α-hetero) is 1. The molecule has 1 atom stereocenters. The van der Waals surface area contributed by atoms with E-state index in [0.717, 1.165) is 57.4 Å². The summed E-state index contributed by atoms with van der Waals surface area (Å²) >= 11 is 0. The maximum atomic E-state index is 15.5. The Labute approximate surface area is 244 Å². The van der Waals surface area contributed by atoms with E-state index >= 15 is 4.39 Å². The number of halogens is 1. The second-order valence-corrected chi connectivity index (χ2v) is 10.6. The van der Waals surface area contributed by atoms with Gasteiger partial charge < -0.3 is 15.4 Å².